The van der Waals surface area contributed by atoms with E-state index in [-0.39, 0.29) is 18.0 Å². The summed E-state index contributed by atoms with van der Waals surface area (Å²) in [4.78, 5) is 11.4. The minimum absolute atomic E-state index is 0.0182. The van der Waals surface area contributed by atoms with Gasteiger partial charge in [0.25, 0.3) is 0 Å². The van der Waals surface area contributed by atoms with Gasteiger partial charge in [0.05, 0.1) is 5.92 Å². The van der Waals surface area contributed by atoms with Gasteiger partial charge in [-0.1, -0.05) is 32.3 Å². The van der Waals surface area contributed by atoms with E-state index < -0.39 is 0 Å². The molecule has 1 aliphatic rings. The van der Waals surface area contributed by atoms with Crippen molar-refractivity contribution < 1.29 is 9.53 Å². The highest BCUT2D eigenvalue weighted by atomic mass is 16.5. The quantitative estimate of drug-likeness (QED) is 0.365. The second-order valence-electron chi connectivity index (χ2n) is 4.37. The van der Waals surface area contributed by atoms with Gasteiger partial charge in [0.15, 0.2) is 0 Å². The number of carbonyl (C=O) groups is 1. The number of allylic oxidation sites excluding steroid dienone is 1. The van der Waals surface area contributed by atoms with Gasteiger partial charge in [0, 0.05) is 0 Å². The number of ether oxygens (including phenoxy) is 1. The van der Waals surface area contributed by atoms with Crippen LogP contribution in [0.25, 0.3) is 0 Å². The Labute approximate surface area is 92.7 Å². The minimum Gasteiger partial charge on any atom is -0.462 e. The summed E-state index contributed by atoms with van der Waals surface area (Å²) in [5.74, 6) is 0.0640. The lowest BCUT2D eigenvalue weighted by atomic mass is 9.98. The zero-order valence-electron chi connectivity index (χ0n) is 9.71. The van der Waals surface area contributed by atoms with Crippen molar-refractivity contribution in [3.05, 3.63) is 12.7 Å². The number of cyclic esters (lactones) is 1. The van der Waals surface area contributed by atoms with Crippen molar-refractivity contribution in [3.63, 3.8) is 0 Å². The Bertz CT molecular complexity index is 211. The van der Waals surface area contributed by atoms with Gasteiger partial charge in [-0.05, 0) is 25.7 Å². The van der Waals surface area contributed by atoms with Crippen LogP contribution in [0.3, 0.4) is 0 Å². The first kappa shape index (κ1) is 12.3. The van der Waals surface area contributed by atoms with E-state index in [9.17, 15) is 4.79 Å². The first-order valence-corrected chi connectivity index (χ1v) is 6.09. The molecule has 0 aromatic heterocycles. The molecule has 1 rings (SSSR count). The smallest absolute Gasteiger partial charge is 0.309 e. The highest BCUT2D eigenvalue weighted by Crippen LogP contribution is 2.27. The van der Waals surface area contributed by atoms with E-state index in [4.69, 9.17) is 4.74 Å². The summed E-state index contributed by atoms with van der Waals surface area (Å²) >= 11 is 0. The Hall–Kier alpha value is -0.790. The SMILES string of the molecule is C=CC[C@H]1C[C@@H](CCCCCC)OC1=O. The molecule has 2 nitrogen and oxygen atoms in total. The molecule has 0 spiro atoms. The molecule has 2 atom stereocenters. The van der Waals surface area contributed by atoms with Crippen LogP contribution >= 0.6 is 0 Å². The second-order valence-corrected chi connectivity index (χ2v) is 4.37. The average Bonchev–Trinajstić information content (AvgIpc) is 2.55. The summed E-state index contributed by atoms with van der Waals surface area (Å²) in [6.07, 6.45) is 9.69. The number of hydrogen-bond donors (Lipinski definition) is 0. The highest BCUT2D eigenvalue weighted by Gasteiger charge is 2.32. The fraction of sp³-hybridized carbons (Fsp3) is 0.769. The van der Waals surface area contributed by atoms with E-state index in [2.05, 4.69) is 13.5 Å². The Morgan fingerprint density at radius 3 is 2.93 bits per heavy atom. The monoisotopic (exact) mass is 210 g/mol. The predicted octanol–water partition coefficient (Wildman–Crippen LogP) is 3.46. The molecule has 1 aliphatic heterocycles. The lowest BCUT2D eigenvalue weighted by molar-refractivity contribution is -0.144. The van der Waals surface area contributed by atoms with E-state index in [0.717, 1.165) is 19.3 Å². The topological polar surface area (TPSA) is 26.3 Å². The molecule has 0 aromatic rings. The molecule has 0 N–H and O–H groups in total. The maximum Gasteiger partial charge on any atom is 0.309 e. The fourth-order valence-electron chi connectivity index (χ4n) is 2.09. The molecule has 1 saturated heterocycles. The van der Waals surface area contributed by atoms with Gasteiger partial charge in [-0.3, -0.25) is 4.79 Å². The van der Waals surface area contributed by atoms with E-state index in [1.54, 1.807) is 0 Å². The maximum atomic E-state index is 11.4. The maximum absolute atomic E-state index is 11.4. The van der Waals surface area contributed by atoms with Crippen LogP contribution in [0.5, 0.6) is 0 Å². The number of carbonyl (C=O) groups excluding carboxylic acids is 1. The summed E-state index contributed by atoms with van der Waals surface area (Å²) in [5, 5.41) is 0. The van der Waals surface area contributed by atoms with Gasteiger partial charge in [-0.25, -0.2) is 0 Å². The summed E-state index contributed by atoms with van der Waals surface area (Å²) < 4.78 is 5.32. The second kappa shape index (κ2) is 6.65. The van der Waals surface area contributed by atoms with E-state index in [1.165, 1.54) is 25.7 Å². The molecule has 1 heterocycles. The van der Waals surface area contributed by atoms with E-state index >= 15 is 0 Å². The van der Waals surface area contributed by atoms with Crippen LogP contribution in [-0.2, 0) is 9.53 Å². The Balaban J connectivity index is 2.17. The van der Waals surface area contributed by atoms with Gasteiger partial charge in [0.1, 0.15) is 6.10 Å². The van der Waals surface area contributed by atoms with Gasteiger partial charge >= 0.3 is 5.97 Å². The zero-order valence-corrected chi connectivity index (χ0v) is 9.71. The van der Waals surface area contributed by atoms with Crippen LogP contribution in [0.1, 0.15) is 51.9 Å². The summed E-state index contributed by atoms with van der Waals surface area (Å²) in [5.41, 5.74) is 0. The van der Waals surface area contributed by atoms with Crippen LogP contribution in [0.2, 0.25) is 0 Å². The van der Waals surface area contributed by atoms with Gasteiger partial charge < -0.3 is 4.74 Å². The predicted molar refractivity (Wildman–Crippen MR) is 61.6 cm³/mol. The van der Waals surface area contributed by atoms with Crippen molar-refractivity contribution >= 4 is 5.97 Å². The van der Waals surface area contributed by atoms with Crippen molar-refractivity contribution in [2.24, 2.45) is 5.92 Å². The molecule has 0 aliphatic carbocycles. The van der Waals surface area contributed by atoms with Crippen molar-refractivity contribution in [1.82, 2.24) is 0 Å². The molecule has 0 bridgehead atoms. The molecule has 0 saturated carbocycles. The molecule has 0 radical (unpaired) electrons. The Kier molecular flexibility index (Phi) is 5.44. The summed E-state index contributed by atoms with van der Waals surface area (Å²) in [7, 11) is 0. The highest BCUT2D eigenvalue weighted by molar-refractivity contribution is 5.74. The van der Waals surface area contributed by atoms with Gasteiger partial charge in [-0.2, -0.15) is 0 Å². The molecule has 0 aromatic carbocycles. The van der Waals surface area contributed by atoms with Gasteiger partial charge in [0.2, 0.25) is 0 Å². The number of rotatable bonds is 7. The van der Waals surface area contributed by atoms with Crippen LogP contribution in [0.4, 0.5) is 0 Å². The van der Waals surface area contributed by atoms with Crippen molar-refractivity contribution in [3.8, 4) is 0 Å². The van der Waals surface area contributed by atoms with Crippen molar-refractivity contribution in [2.45, 2.75) is 58.0 Å². The molecule has 15 heavy (non-hydrogen) atoms. The molecular formula is C13H22O2. The average molecular weight is 210 g/mol. The lowest BCUT2D eigenvalue weighted by Crippen LogP contribution is -2.06. The first-order valence-electron chi connectivity index (χ1n) is 6.09. The molecule has 1 fully saturated rings. The summed E-state index contributed by atoms with van der Waals surface area (Å²) in [6.45, 7) is 5.87. The van der Waals surface area contributed by atoms with Crippen LogP contribution in [0, 0.1) is 5.92 Å². The molecular weight excluding hydrogens is 188 g/mol. The minimum atomic E-state index is -0.0182. The third-order valence-electron chi connectivity index (χ3n) is 2.99. The van der Waals surface area contributed by atoms with Gasteiger partial charge in [-0.15, -0.1) is 6.58 Å². The number of esters is 1. The van der Waals surface area contributed by atoms with Crippen molar-refractivity contribution in [2.75, 3.05) is 0 Å². The molecule has 2 heteroatoms. The zero-order chi connectivity index (χ0) is 11.1. The van der Waals surface area contributed by atoms with Crippen LogP contribution in [0.15, 0.2) is 12.7 Å². The standard InChI is InChI=1S/C13H22O2/c1-3-5-6-7-9-12-10-11(8-4-2)13(14)15-12/h4,11-12H,2-3,5-10H2,1H3/t11-,12+/m0/s1. The number of hydrogen-bond acceptors (Lipinski definition) is 2. The Morgan fingerprint density at radius 2 is 2.27 bits per heavy atom. The first-order chi connectivity index (χ1) is 7.27. The lowest BCUT2D eigenvalue weighted by Gasteiger charge is -2.07. The van der Waals surface area contributed by atoms with E-state index in [0.29, 0.717) is 0 Å². The van der Waals surface area contributed by atoms with E-state index in [1.807, 2.05) is 6.08 Å². The molecule has 0 amide bonds. The normalized spacial score (nSPS) is 25.3. The Morgan fingerprint density at radius 1 is 1.47 bits per heavy atom. The third-order valence-corrected chi connectivity index (χ3v) is 2.99. The largest absolute Gasteiger partial charge is 0.462 e. The van der Waals surface area contributed by atoms with Crippen molar-refractivity contribution in [1.29, 1.82) is 0 Å². The van der Waals surface area contributed by atoms with Crippen LogP contribution in [-0.4, -0.2) is 12.1 Å². The fourth-order valence-corrected chi connectivity index (χ4v) is 2.09. The molecule has 86 valence electrons. The summed E-state index contributed by atoms with van der Waals surface area (Å²) in [6, 6.07) is 0. The third kappa shape index (κ3) is 4.06. The molecule has 0 unspecified atom stereocenters. The van der Waals surface area contributed by atoms with Crippen LogP contribution < -0.4 is 0 Å². The number of unbranched alkanes of at least 4 members (excludes halogenated alkanes) is 3.